The molecule has 23 heavy (non-hydrogen) atoms. The molecule has 0 unspecified atom stereocenters. The summed E-state index contributed by atoms with van der Waals surface area (Å²) in [5.41, 5.74) is 1.75. The Morgan fingerprint density at radius 3 is 2.26 bits per heavy atom. The van der Waals surface area contributed by atoms with Gasteiger partial charge >= 0.3 is 6.03 Å². The highest BCUT2D eigenvalue weighted by Gasteiger charge is 2.13. The van der Waals surface area contributed by atoms with Gasteiger partial charge in [-0.25, -0.2) is 9.10 Å². The van der Waals surface area contributed by atoms with E-state index in [1.807, 2.05) is 0 Å². The van der Waals surface area contributed by atoms with E-state index >= 15 is 0 Å². The predicted octanol–water partition coefficient (Wildman–Crippen LogP) is 4.94. The molecule has 2 aromatic rings. The molecule has 0 bridgehead atoms. The Morgan fingerprint density at radius 2 is 1.70 bits per heavy atom. The SMILES string of the molecule is CC(=O)Nc1ccc(N(S)C(=O)Nc2ccc(Br)c(Cl)c2)cc1. The first-order valence-corrected chi connectivity index (χ1v) is 8.06. The maximum Gasteiger partial charge on any atom is 0.336 e. The highest BCUT2D eigenvalue weighted by Crippen LogP contribution is 2.26. The molecule has 3 amide bonds. The molecule has 2 rings (SSSR count). The fraction of sp³-hybridized carbons (Fsp3) is 0.0667. The van der Waals surface area contributed by atoms with Crippen molar-refractivity contribution in [2.24, 2.45) is 0 Å². The second-order valence-corrected chi connectivity index (χ2v) is 6.26. The van der Waals surface area contributed by atoms with Gasteiger partial charge in [0.1, 0.15) is 0 Å². The Hall–Kier alpha value is -1.70. The lowest BCUT2D eigenvalue weighted by atomic mass is 10.3. The van der Waals surface area contributed by atoms with Crippen molar-refractivity contribution in [2.75, 3.05) is 14.9 Å². The fourth-order valence-electron chi connectivity index (χ4n) is 1.76. The van der Waals surface area contributed by atoms with Crippen molar-refractivity contribution in [1.82, 2.24) is 0 Å². The van der Waals surface area contributed by atoms with E-state index in [-0.39, 0.29) is 5.91 Å². The lowest BCUT2D eigenvalue weighted by Gasteiger charge is -2.17. The number of halogens is 2. The maximum atomic E-state index is 12.2. The Kier molecular flexibility index (Phi) is 5.92. The molecule has 0 aliphatic carbocycles. The van der Waals surface area contributed by atoms with Gasteiger partial charge in [0.25, 0.3) is 0 Å². The largest absolute Gasteiger partial charge is 0.336 e. The molecular formula is C15H13BrClN3O2S. The van der Waals surface area contributed by atoms with E-state index in [2.05, 4.69) is 39.4 Å². The van der Waals surface area contributed by atoms with Gasteiger partial charge in [0.15, 0.2) is 0 Å². The molecule has 2 aromatic carbocycles. The van der Waals surface area contributed by atoms with E-state index < -0.39 is 6.03 Å². The fourth-order valence-corrected chi connectivity index (χ4v) is 2.37. The van der Waals surface area contributed by atoms with Gasteiger partial charge in [-0.05, 0) is 58.4 Å². The van der Waals surface area contributed by atoms with E-state index in [0.29, 0.717) is 22.1 Å². The molecule has 0 saturated heterocycles. The third kappa shape index (κ3) is 4.89. The normalized spacial score (nSPS) is 10.1. The number of benzene rings is 2. The van der Waals surface area contributed by atoms with E-state index in [4.69, 9.17) is 11.6 Å². The van der Waals surface area contributed by atoms with Gasteiger partial charge in [0, 0.05) is 22.8 Å². The summed E-state index contributed by atoms with van der Waals surface area (Å²) in [5.74, 6) is -0.162. The van der Waals surface area contributed by atoms with Crippen molar-refractivity contribution in [3.63, 3.8) is 0 Å². The monoisotopic (exact) mass is 413 g/mol. The summed E-state index contributed by atoms with van der Waals surface area (Å²) in [6, 6.07) is 11.4. The lowest BCUT2D eigenvalue weighted by Crippen LogP contribution is -2.26. The number of nitrogens with zero attached hydrogens (tertiary/aromatic N) is 1. The van der Waals surface area contributed by atoms with Crippen LogP contribution < -0.4 is 14.9 Å². The quantitative estimate of drug-likeness (QED) is 0.623. The second-order valence-electron chi connectivity index (χ2n) is 4.60. The molecular weight excluding hydrogens is 402 g/mol. The number of nitrogens with one attached hydrogen (secondary N) is 2. The summed E-state index contributed by atoms with van der Waals surface area (Å²) in [4.78, 5) is 23.2. The van der Waals surface area contributed by atoms with Crippen molar-refractivity contribution < 1.29 is 9.59 Å². The van der Waals surface area contributed by atoms with Crippen molar-refractivity contribution >= 4 is 69.3 Å². The predicted molar refractivity (Wildman–Crippen MR) is 100 cm³/mol. The van der Waals surface area contributed by atoms with Crippen LogP contribution in [-0.2, 0) is 4.79 Å². The standard InChI is InChI=1S/C15H13BrClN3O2S/c1-9(21)18-10-2-5-12(6-3-10)20(23)15(22)19-11-4-7-13(16)14(17)8-11/h2-8,23H,1H3,(H,18,21)(H,19,22). The van der Waals surface area contributed by atoms with Crippen molar-refractivity contribution in [3.05, 3.63) is 52.0 Å². The van der Waals surface area contributed by atoms with Crippen LogP contribution in [-0.4, -0.2) is 11.9 Å². The summed E-state index contributed by atoms with van der Waals surface area (Å²) in [5, 5.41) is 5.83. The number of hydrogen-bond acceptors (Lipinski definition) is 3. The van der Waals surface area contributed by atoms with Crippen LogP contribution in [0.4, 0.5) is 21.9 Å². The molecule has 0 aliphatic heterocycles. The topological polar surface area (TPSA) is 61.4 Å². The molecule has 120 valence electrons. The molecule has 0 spiro atoms. The van der Waals surface area contributed by atoms with Crippen molar-refractivity contribution in [1.29, 1.82) is 0 Å². The number of hydrogen-bond donors (Lipinski definition) is 3. The molecule has 0 fully saturated rings. The number of rotatable bonds is 3. The molecule has 5 nitrogen and oxygen atoms in total. The summed E-state index contributed by atoms with van der Waals surface area (Å²) in [6.07, 6.45) is 0. The first-order chi connectivity index (χ1) is 10.9. The van der Waals surface area contributed by atoms with Gasteiger partial charge < -0.3 is 10.6 Å². The third-order valence-corrected chi connectivity index (χ3v) is 4.44. The molecule has 8 heteroatoms. The number of amides is 3. The average Bonchev–Trinajstić information content (AvgIpc) is 2.50. The van der Waals surface area contributed by atoms with Crippen LogP contribution in [0.5, 0.6) is 0 Å². The first kappa shape index (κ1) is 17.7. The van der Waals surface area contributed by atoms with Gasteiger partial charge in [0.2, 0.25) is 5.91 Å². The zero-order valence-corrected chi connectivity index (χ0v) is 15.2. The molecule has 0 saturated carbocycles. The number of anilines is 3. The van der Waals surface area contributed by atoms with E-state index in [0.717, 1.165) is 8.78 Å². The summed E-state index contributed by atoms with van der Waals surface area (Å²) >= 11 is 13.5. The molecule has 0 heterocycles. The number of carbonyl (C=O) groups is 2. The first-order valence-electron chi connectivity index (χ1n) is 6.49. The van der Waals surface area contributed by atoms with Crippen LogP contribution in [0, 0.1) is 0 Å². The van der Waals surface area contributed by atoms with Crippen LogP contribution in [0.3, 0.4) is 0 Å². The van der Waals surface area contributed by atoms with E-state index in [9.17, 15) is 9.59 Å². The van der Waals surface area contributed by atoms with E-state index in [1.165, 1.54) is 6.92 Å². The van der Waals surface area contributed by atoms with E-state index in [1.54, 1.807) is 42.5 Å². The zero-order chi connectivity index (χ0) is 17.0. The summed E-state index contributed by atoms with van der Waals surface area (Å²) in [6.45, 7) is 1.43. The van der Waals surface area contributed by atoms with Crippen LogP contribution >= 0.6 is 40.3 Å². The van der Waals surface area contributed by atoms with Crippen LogP contribution in [0.2, 0.25) is 5.02 Å². The number of urea groups is 1. The lowest BCUT2D eigenvalue weighted by molar-refractivity contribution is -0.114. The minimum absolute atomic E-state index is 0.162. The van der Waals surface area contributed by atoms with Crippen molar-refractivity contribution in [2.45, 2.75) is 6.92 Å². The highest BCUT2D eigenvalue weighted by atomic mass is 79.9. The minimum atomic E-state index is -0.431. The Bertz CT molecular complexity index is 740. The maximum absolute atomic E-state index is 12.2. The summed E-state index contributed by atoms with van der Waals surface area (Å²) in [7, 11) is 0. The van der Waals surface area contributed by atoms with Gasteiger partial charge in [-0.15, -0.1) is 0 Å². The average molecular weight is 415 g/mol. The molecule has 0 radical (unpaired) electrons. The smallest absolute Gasteiger partial charge is 0.326 e. The zero-order valence-electron chi connectivity index (χ0n) is 12.0. The molecule has 0 aromatic heterocycles. The van der Waals surface area contributed by atoms with Gasteiger partial charge in [-0.2, -0.15) is 0 Å². The Labute approximate surface area is 152 Å². The highest BCUT2D eigenvalue weighted by molar-refractivity contribution is 9.10. The minimum Gasteiger partial charge on any atom is -0.326 e. The summed E-state index contributed by atoms with van der Waals surface area (Å²) < 4.78 is 1.90. The Balaban J connectivity index is 2.06. The number of carbonyl (C=O) groups excluding carboxylic acids is 2. The van der Waals surface area contributed by atoms with Gasteiger partial charge in [-0.3, -0.25) is 4.79 Å². The Morgan fingerprint density at radius 1 is 1.09 bits per heavy atom. The second kappa shape index (κ2) is 7.72. The van der Waals surface area contributed by atoms with Crippen LogP contribution in [0.15, 0.2) is 46.9 Å². The van der Waals surface area contributed by atoms with Gasteiger partial charge in [0.05, 0.1) is 10.7 Å². The number of thiol groups is 1. The van der Waals surface area contributed by atoms with Gasteiger partial charge in [-0.1, -0.05) is 24.4 Å². The van der Waals surface area contributed by atoms with Crippen molar-refractivity contribution in [3.8, 4) is 0 Å². The molecule has 0 atom stereocenters. The van der Waals surface area contributed by atoms with Crippen LogP contribution in [0.1, 0.15) is 6.92 Å². The van der Waals surface area contributed by atoms with Crippen LogP contribution in [0.25, 0.3) is 0 Å². The molecule has 0 aliphatic rings. The third-order valence-electron chi connectivity index (χ3n) is 2.80. The molecule has 2 N–H and O–H groups in total.